The van der Waals surface area contributed by atoms with Gasteiger partial charge in [-0.05, 0) is 30.2 Å². The normalized spacial score (nSPS) is 10.9. The van der Waals surface area contributed by atoms with Gasteiger partial charge in [-0.25, -0.2) is 9.37 Å². The minimum Gasteiger partial charge on any atom is -0.329 e. The van der Waals surface area contributed by atoms with Crippen LogP contribution in [0.5, 0.6) is 0 Å². The molecule has 5 heteroatoms. The predicted molar refractivity (Wildman–Crippen MR) is 106 cm³/mol. The van der Waals surface area contributed by atoms with Crippen molar-refractivity contribution in [1.82, 2.24) is 14.3 Å². The molecule has 0 aliphatic rings. The molecular weight excluding hydrogens is 353 g/mol. The summed E-state index contributed by atoms with van der Waals surface area (Å²) >= 11 is 0. The van der Waals surface area contributed by atoms with Crippen molar-refractivity contribution < 1.29 is 9.18 Å². The first kappa shape index (κ1) is 17.9. The number of nitrogens with zero attached hydrogens (tertiary/aromatic N) is 3. The van der Waals surface area contributed by atoms with E-state index in [0.29, 0.717) is 30.1 Å². The Morgan fingerprint density at radius 3 is 2.07 bits per heavy atom. The van der Waals surface area contributed by atoms with Gasteiger partial charge in [-0.3, -0.25) is 9.20 Å². The zero-order valence-corrected chi connectivity index (χ0v) is 15.5. The van der Waals surface area contributed by atoms with Crippen LogP contribution in [-0.4, -0.2) is 20.2 Å². The van der Waals surface area contributed by atoms with E-state index in [4.69, 9.17) is 0 Å². The van der Waals surface area contributed by atoms with Crippen LogP contribution in [0.2, 0.25) is 0 Å². The van der Waals surface area contributed by atoms with Crippen molar-refractivity contribution in [2.75, 3.05) is 0 Å². The Bertz CT molecular complexity index is 1070. The van der Waals surface area contributed by atoms with E-state index in [9.17, 15) is 9.18 Å². The summed E-state index contributed by atoms with van der Waals surface area (Å²) in [6.07, 6.45) is 1.31. The third-order valence-electron chi connectivity index (χ3n) is 4.68. The lowest BCUT2D eigenvalue weighted by Gasteiger charge is -2.23. The Morgan fingerprint density at radius 1 is 0.929 bits per heavy atom. The van der Waals surface area contributed by atoms with E-state index < -0.39 is 5.82 Å². The maximum atomic E-state index is 13.8. The largest absolute Gasteiger partial charge is 0.329 e. The molecule has 0 radical (unpaired) electrons. The number of aromatic nitrogens is 2. The van der Waals surface area contributed by atoms with Gasteiger partial charge in [0.2, 0.25) is 0 Å². The Labute approximate surface area is 162 Å². The summed E-state index contributed by atoms with van der Waals surface area (Å²) in [5.74, 6) is -0.583. The highest BCUT2D eigenvalue weighted by molar-refractivity contribution is 5.94. The van der Waals surface area contributed by atoms with E-state index in [-0.39, 0.29) is 5.91 Å². The quantitative estimate of drug-likeness (QED) is 0.512. The molecule has 2 heterocycles. The van der Waals surface area contributed by atoms with Crippen LogP contribution in [0.4, 0.5) is 4.39 Å². The summed E-state index contributed by atoms with van der Waals surface area (Å²) in [5.41, 5.74) is 3.60. The first-order valence-corrected chi connectivity index (χ1v) is 9.13. The molecule has 2 aromatic heterocycles. The average Bonchev–Trinajstić information content (AvgIpc) is 3.03. The number of benzene rings is 2. The van der Waals surface area contributed by atoms with Gasteiger partial charge in [0.25, 0.3) is 5.91 Å². The molecule has 28 heavy (non-hydrogen) atoms. The number of carbonyl (C=O) groups excluding carboxylic acids is 1. The van der Waals surface area contributed by atoms with E-state index in [1.54, 1.807) is 17.9 Å². The van der Waals surface area contributed by atoms with Crippen molar-refractivity contribution in [3.05, 3.63) is 107 Å². The molecule has 0 saturated carbocycles. The van der Waals surface area contributed by atoms with E-state index in [2.05, 4.69) is 4.98 Å². The molecule has 0 unspecified atom stereocenters. The molecule has 0 bridgehead atoms. The van der Waals surface area contributed by atoms with Crippen LogP contribution in [0, 0.1) is 12.7 Å². The summed E-state index contributed by atoms with van der Waals surface area (Å²) in [6.45, 7) is 2.69. The fourth-order valence-corrected chi connectivity index (χ4v) is 3.35. The van der Waals surface area contributed by atoms with Crippen LogP contribution in [0.15, 0.2) is 79.0 Å². The van der Waals surface area contributed by atoms with Crippen LogP contribution in [0.25, 0.3) is 5.65 Å². The fraction of sp³-hybridized carbons (Fsp3) is 0.130. The Balaban J connectivity index is 1.74. The number of rotatable bonds is 5. The van der Waals surface area contributed by atoms with E-state index in [1.807, 2.05) is 60.7 Å². The molecule has 0 atom stereocenters. The number of amides is 1. The van der Waals surface area contributed by atoms with Gasteiger partial charge < -0.3 is 4.90 Å². The smallest absolute Gasteiger partial charge is 0.273 e. The molecule has 4 nitrogen and oxygen atoms in total. The second-order valence-corrected chi connectivity index (χ2v) is 6.75. The van der Waals surface area contributed by atoms with Gasteiger partial charge in [0, 0.05) is 19.3 Å². The van der Waals surface area contributed by atoms with E-state index in [0.717, 1.165) is 11.1 Å². The SMILES string of the molecule is Cc1nc2ccc(F)cn2c1C(=O)N(Cc1ccccc1)Cc1ccccc1. The van der Waals surface area contributed by atoms with Gasteiger partial charge in [0.15, 0.2) is 0 Å². The molecule has 0 saturated heterocycles. The number of aryl methyl sites for hydroxylation is 1. The lowest BCUT2D eigenvalue weighted by molar-refractivity contribution is 0.0722. The van der Waals surface area contributed by atoms with Crippen molar-refractivity contribution in [3.8, 4) is 0 Å². The second-order valence-electron chi connectivity index (χ2n) is 6.75. The summed E-state index contributed by atoms with van der Waals surface area (Å²) < 4.78 is 15.3. The first-order chi connectivity index (χ1) is 13.6. The minimum atomic E-state index is -0.406. The van der Waals surface area contributed by atoms with Crippen LogP contribution < -0.4 is 0 Å². The molecule has 0 aliphatic heterocycles. The van der Waals surface area contributed by atoms with Gasteiger partial charge in [0.1, 0.15) is 17.2 Å². The maximum absolute atomic E-state index is 13.8. The second kappa shape index (κ2) is 7.64. The molecule has 0 fully saturated rings. The summed E-state index contributed by atoms with van der Waals surface area (Å²) in [7, 11) is 0. The number of carbonyl (C=O) groups is 1. The van der Waals surface area contributed by atoms with Gasteiger partial charge in [0.05, 0.1) is 5.69 Å². The number of hydrogen-bond acceptors (Lipinski definition) is 2. The highest BCUT2D eigenvalue weighted by atomic mass is 19.1. The van der Waals surface area contributed by atoms with Gasteiger partial charge in [-0.2, -0.15) is 0 Å². The number of imidazole rings is 1. The summed E-state index contributed by atoms with van der Waals surface area (Å²) in [5, 5.41) is 0. The molecule has 140 valence electrons. The minimum absolute atomic E-state index is 0.177. The molecule has 2 aromatic carbocycles. The summed E-state index contributed by atoms with van der Waals surface area (Å²) in [6, 6.07) is 22.6. The standard InChI is InChI=1S/C23H20FN3O/c1-17-22(27-16-20(24)12-13-21(27)25-17)23(28)26(14-18-8-4-2-5-9-18)15-19-10-6-3-7-11-19/h2-13,16H,14-15H2,1H3. The fourth-order valence-electron chi connectivity index (χ4n) is 3.35. The van der Waals surface area contributed by atoms with Gasteiger partial charge in [-0.15, -0.1) is 0 Å². The third kappa shape index (κ3) is 3.64. The van der Waals surface area contributed by atoms with Crippen molar-refractivity contribution in [2.45, 2.75) is 20.0 Å². The summed E-state index contributed by atoms with van der Waals surface area (Å²) in [4.78, 5) is 19.7. The average molecular weight is 373 g/mol. The lowest BCUT2D eigenvalue weighted by Crippen LogP contribution is -2.31. The molecule has 0 N–H and O–H groups in total. The zero-order chi connectivity index (χ0) is 19.5. The van der Waals surface area contributed by atoms with Gasteiger partial charge >= 0.3 is 0 Å². The molecule has 0 aliphatic carbocycles. The van der Waals surface area contributed by atoms with Crippen LogP contribution in [0.3, 0.4) is 0 Å². The molecule has 1 amide bonds. The van der Waals surface area contributed by atoms with Crippen molar-refractivity contribution in [2.24, 2.45) is 0 Å². The molecule has 4 aromatic rings. The van der Waals surface area contributed by atoms with Crippen LogP contribution in [-0.2, 0) is 13.1 Å². The van der Waals surface area contributed by atoms with Crippen molar-refractivity contribution >= 4 is 11.6 Å². The van der Waals surface area contributed by atoms with E-state index >= 15 is 0 Å². The lowest BCUT2D eigenvalue weighted by atomic mass is 10.1. The van der Waals surface area contributed by atoms with Crippen molar-refractivity contribution in [3.63, 3.8) is 0 Å². The third-order valence-corrected chi connectivity index (χ3v) is 4.68. The number of halogens is 1. The zero-order valence-electron chi connectivity index (χ0n) is 15.5. The van der Waals surface area contributed by atoms with Crippen molar-refractivity contribution in [1.29, 1.82) is 0 Å². The first-order valence-electron chi connectivity index (χ1n) is 9.13. The maximum Gasteiger partial charge on any atom is 0.273 e. The topological polar surface area (TPSA) is 37.6 Å². The number of pyridine rings is 1. The van der Waals surface area contributed by atoms with E-state index in [1.165, 1.54) is 16.7 Å². The van der Waals surface area contributed by atoms with Crippen LogP contribution in [0.1, 0.15) is 27.3 Å². The van der Waals surface area contributed by atoms with Crippen LogP contribution >= 0.6 is 0 Å². The number of hydrogen-bond donors (Lipinski definition) is 0. The Kier molecular flexibility index (Phi) is 4.89. The molecular formula is C23H20FN3O. The molecule has 4 rings (SSSR count). The highest BCUT2D eigenvalue weighted by Gasteiger charge is 2.23. The number of fused-ring (bicyclic) bond motifs is 1. The monoisotopic (exact) mass is 373 g/mol. The highest BCUT2D eigenvalue weighted by Crippen LogP contribution is 2.19. The molecule has 0 spiro atoms. The predicted octanol–water partition coefficient (Wildman–Crippen LogP) is 4.62. The van der Waals surface area contributed by atoms with Gasteiger partial charge in [-0.1, -0.05) is 60.7 Å². The Morgan fingerprint density at radius 2 is 1.50 bits per heavy atom. The Hall–Kier alpha value is -3.47.